The van der Waals surface area contributed by atoms with Crippen LogP contribution in [0.1, 0.15) is 38.2 Å². The Morgan fingerprint density at radius 2 is 1.91 bits per heavy atom. The van der Waals surface area contributed by atoms with E-state index in [1.54, 1.807) is 0 Å². The second-order valence-corrected chi connectivity index (χ2v) is 5.81. The maximum Gasteiger partial charge on any atom is 0.411 e. The molecule has 0 radical (unpaired) electrons. The zero-order valence-electron chi connectivity index (χ0n) is 14.1. The van der Waals surface area contributed by atoms with Gasteiger partial charge >= 0.3 is 6.09 Å². The molecule has 23 heavy (non-hydrogen) atoms. The Kier molecular flexibility index (Phi) is 7.90. The molecule has 5 heteroatoms. The lowest BCUT2D eigenvalue weighted by Gasteiger charge is -2.19. The molecule has 5 nitrogen and oxygen atoms in total. The van der Waals surface area contributed by atoms with Crippen molar-refractivity contribution in [3.05, 3.63) is 29.8 Å². The molecule has 0 aliphatic carbocycles. The highest BCUT2D eigenvalue weighted by atomic mass is 16.5. The first kappa shape index (κ1) is 17.8. The first-order valence-electron chi connectivity index (χ1n) is 8.61. The van der Waals surface area contributed by atoms with Crippen LogP contribution in [0.25, 0.3) is 0 Å². The minimum absolute atomic E-state index is 0.399. The number of hydrogen-bond acceptors (Lipinski definition) is 4. The molecule has 1 aromatic rings. The van der Waals surface area contributed by atoms with Gasteiger partial charge in [0.2, 0.25) is 0 Å². The third kappa shape index (κ3) is 6.59. The zero-order chi connectivity index (χ0) is 16.3. The molecule has 1 heterocycles. The molecule has 1 fully saturated rings. The molecule has 1 saturated heterocycles. The monoisotopic (exact) mass is 320 g/mol. The number of rotatable bonds is 7. The highest BCUT2D eigenvalue weighted by Crippen LogP contribution is 2.16. The van der Waals surface area contributed by atoms with Crippen molar-refractivity contribution in [2.24, 2.45) is 0 Å². The molecule has 1 aliphatic rings. The van der Waals surface area contributed by atoms with E-state index >= 15 is 0 Å². The smallest absolute Gasteiger partial charge is 0.411 e. The van der Waals surface area contributed by atoms with Crippen LogP contribution >= 0.6 is 0 Å². The van der Waals surface area contributed by atoms with Gasteiger partial charge in [-0.05, 0) is 38.9 Å². The molecule has 0 atom stereocenters. The van der Waals surface area contributed by atoms with Gasteiger partial charge in [0, 0.05) is 24.4 Å². The molecule has 128 valence electrons. The van der Waals surface area contributed by atoms with Crippen LogP contribution in [0.4, 0.5) is 10.5 Å². The molecule has 1 amide bonds. The molecule has 0 aromatic heterocycles. The van der Waals surface area contributed by atoms with Gasteiger partial charge in [0.05, 0.1) is 6.61 Å². The topological polar surface area (TPSA) is 50.8 Å². The number of nitrogens with one attached hydrogen (secondary N) is 1. The van der Waals surface area contributed by atoms with Crippen LogP contribution in [-0.2, 0) is 16.1 Å². The number of carbonyl (C=O) groups excluding carboxylic acids is 1. The average molecular weight is 320 g/mol. The van der Waals surface area contributed by atoms with Gasteiger partial charge in [-0.1, -0.05) is 31.0 Å². The summed E-state index contributed by atoms with van der Waals surface area (Å²) in [6.07, 6.45) is 4.72. The van der Waals surface area contributed by atoms with Gasteiger partial charge < -0.3 is 9.47 Å². The SMILES string of the molecule is CCOCc1ccccc1NC(=O)OCCN1CCCCCC1. The standard InChI is InChI=1S/C18H28N2O3/c1-2-22-15-16-9-5-6-10-17(16)19-18(21)23-14-13-20-11-7-3-4-8-12-20/h5-6,9-10H,2-4,7-8,11-15H2,1H3,(H,19,21). The molecule has 1 N–H and O–H groups in total. The fourth-order valence-corrected chi connectivity index (χ4v) is 2.75. The molecule has 0 spiro atoms. The fourth-order valence-electron chi connectivity index (χ4n) is 2.75. The minimum Gasteiger partial charge on any atom is -0.448 e. The highest BCUT2D eigenvalue weighted by molar-refractivity contribution is 5.85. The molecule has 0 bridgehead atoms. The summed E-state index contributed by atoms with van der Waals surface area (Å²) in [6.45, 7) is 6.56. The van der Waals surface area contributed by atoms with Crippen molar-refractivity contribution >= 4 is 11.8 Å². The molecule has 1 aromatic carbocycles. The summed E-state index contributed by atoms with van der Waals surface area (Å²) in [6, 6.07) is 7.64. The number of anilines is 1. The van der Waals surface area contributed by atoms with E-state index in [1.165, 1.54) is 25.7 Å². The van der Waals surface area contributed by atoms with E-state index in [0.717, 1.165) is 30.9 Å². The van der Waals surface area contributed by atoms with Crippen LogP contribution in [-0.4, -0.2) is 43.8 Å². The fraction of sp³-hybridized carbons (Fsp3) is 0.611. The van der Waals surface area contributed by atoms with Gasteiger partial charge in [-0.15, -0.1) is 0 Å². The van der Waals surface area contributed by atoms with E-state index in [1.807, 2.05) is 31.2 Å². The number of ether oxygens (including phenoxy) is 2. The van der Waals surface area contributed by atoms with Crippen molar-refractivity contribution in [3.63, 3.8) is 0 Å². The quantitative estimate of drug-likeness (QED) is 0.833. The summed E-state index contributed by atoms with van der Waals surface area (Å²) in [5, 5.41) is 2.81. The number of carbonyl (C=O) groups is 1. The minimum atomic E-state index is -0.399. The number of benzene rings is 1. The van der Waals surface area contributed by atoms with Crippen molar-refractivity contribution in [2.45, 2.75) is 39.2 Å². The van der Waals surface area contributed by atoms with Crippen molar-refractivity contribution in [3.8, 4) is 0 Å². The average Bonchev–Trinajstić information content (AvgIpc) is 2.83. The third-order valence-electron chi connectivity index (χ3n) is 4.06. The van der Waals surface area contributed by atoms with Crippen LogP contribution in [0.2, 0.25) is 0 Å². The second kappa shape index (κ2) is 10.2. The van der Waals surface area contributed by atoms with Crippen LogP contribution in [0, 0.1) is 0 Å². The summed E-state index contributed by atoms with van der Waals surface area (Å²) >= 11 is 0. The third-order valence-corrected chi connectivity index (χ3v) is 4.06. The molecule has 0 unspecified atom stereocenters. The lowest BCUT2D eigenvalue weighted by molar-refractivity contribution is 0.133. The van der Waals surface area contributed by atoms with Crippen LogP contribution in [0.5, 0.6) is 0 Å². The number of likely N-dealkylation sites (tertiary alicyclic amines) is 1. The molecular weight excluding hydrogens is 292 g/mol. The number of para-hydroxylation sites is 1. The Hall–Kier alpha value is -1.59. The predicted molar refractivity (Wildman–Crippen MR) is 91.7 cm³/mol. The van der Waals surface area contributed by atoms with Crippen molar-refractivity contribution in [1.29, 1.82) is 0 Å². The van der Waals surface area contributed by atoms with Gasteiger partial charge in [-0.3, -0.25) is 10.2 Å². The van der Waals surface area contributed by atoms with Gasteiger partial charge in [0.25, 0.3) is 0 Å². The van der Waals surface area contributed by atoms with Crippen molar-refractivity contribution < 1.29 is 14.3 Å². The summed E-state index contributed by atoms with van der Waals surface area (Å²) in [5.74, 6) is 0. The molecule has 1 aliphatic heterocycles. The first-order chi connectivity index (χ1) is 11.3. The van der Waals surface area contributed by atoms with Crippen LogP contribution < -0.4 is 5.32 Å². The summed E-state index contributed by atoms with van der Waals surface area (Å²) in [7, 11) is 0. The van der Waals surface area contributed by atoms with Gasteiger partial charge in [0.15, 0.2) is 0 Å². The number of hydrogen-bond donors (Lipinski definition) is 1. The molecule has 2 rings (SSSR count). The Labute approximate surface area is 139 Å². The molecule has 0 saturated carbocycles. The Balaban J connectivity index is 1.74. The normalized spacial score (nSPS) is 15.9. The number of nitrogens with zero attached hydrogens (tertiary/aromatic N) is 1. The van der Waals surface area contributed by atoms with Gasteiger partial charge in [-0.25, -0.2) is 4.79 Å². The number of amides is 1. The lowest BCUT2D eigenvalue weighted by atomic mass is 10.2. The Morgan fingerprint density at radius 1 is 1.17 bits per heavy atom. The lowest BCUT2D eigenvalue weighted by Crippen LogP contribution is -2.30. The van der Waals surface area contributed by atoms with E-state index in [9.17, 15) is 4.79 Å². The second-order valence-electron chi connectivity index (χ2n) is 5.81. The maximum atomic E-state index is 12.0. The van der Waals surface area contributed by atoms with Gasteiger partial charge in [-0.2, -0.15) is 0 Å². The largest absolute Gasteiger partial charge is 0.448 e. The van der Waals surface area contributed by atoms with Crippen LogP contribution in [0.3, 0.4) is 0 Å². The predicted octanol–water partition coefficient (Wildman–Crippen LogP) is 3.65. The van der Waals surface area contributed by atoms with E-state index in [2.05, 4.69) is 10.2 Å². The van der Waals surface area contributed by atoms with Crippen molar-refractivity contribution in [1.82, 2.24) is 4.90 Å². The zero-order valence-corrected chi connectivity index (χ0v) is 14.1. The summed E-state index contributed by atoms with van der Waals surface area (Å²) in [5.41, 5.74) is 1.71. The maximum absolute atomic E-state index is 12.0. The van der Waals surface area contributed by atoms with E-state index in [4.69, 9.17) is 9.47 Å². The molecular formula is C18H28N2O3. The highest BCUT2D eigenvalue weighted by Gasteiger charge is 2.11. The van der Waals surface area contributed by atoms with E-state index < -0.39 is 6.09 Å². The van der Waals surface area contributed by atoms with Gasteiger partial charge in [0.1, 0.15) is 6.61 Å². The van der Waals surface area contributed by atoms with Crippen LogP contribution in [0.15, 0.2) is 24.3 Å². The van der Waals surface area contributed by atoms with E-state index in [0.29, 0.717) is 19.8 Å². The summed E-state index contributed by atoms with van der Waals surface area (Å²) in [4.78, 5) is 14.3. The Bertz CT molecular complexity index is 471. The first-order valence-corrected chi connectivity index (χ1v) is 8.61. The summed E-state index contributed by atoms with van der Waals surface area (Å²) < 4.78 is 10.7. The van der Waals surface area contributed by atoms with Crippen molar-refractivity contribution in [2.75, 3.05) is 38.2 Å². The van der Waals surface area contributed by atoms with E-state index in [-0.39, 0.29) is 0 Å². The Morgan fingerprint density at radius 3 is 2.65 bits per heavy atom.